The van der Waals surface area contributed by atoms with Gasteiger partial charge >= 0.3 is 6.18 Å². The molecule has 2 rings (SSSR count). The first-order chi connectivity index (χ1) is 8.43. The Morgan fingerprint density at radius 1 is 1.33 bits per heavy atom. The van der Waals surface area contributed by atoms with E-state index in [1.807, 2.05) is 6.92 Å². The number of rotatable bonds is 2. The molecule has 0 radical (unpaired) electrons. The Hall–Kier alpha value is -2.05. The minimum atomic E-state index is -4.40. The fraction of sp³-hybridized carbons (Fsp3) is 0.273. The number of halogens is 3. The lowest BCUT2D eigenvalue weighted by molar-refractivity contribution is -0.137. The van der Waals surface area contributed by atoms with Crippen LogP contribution >= 0.6 is 0 Å². The summed E-state index contributed by atoms with van der Waals surface area (Å²) in [6.45, 7) is 2.40. The molecule has 96 valence electrons. The molecule has 0 saturated heterocycles. The molecule has 0 fully saturated rings. The Kier molecular flexibility index (Phi) is 2.98. The minimum Gasteiger partial charge on any atom is -0.398 e. The Morgan fingerprint density at radius 3 is 2.67 bits per heavy atom. The van der Waals surface area contributed by atoms with Crippen LogP contribution in [0.5, 0.6) is 0 Å². The van der Waals surface area contributed by atoms with E-state index in [0.29, 0.717) is 12.4 Å². The van der Waals surface area contributed by atoms with E-state index in [1.165, 1.54) is 12.4 Å². The zero-order valence-corrected chi connectivity index (χ0v) is 9.57. The van der Waals surface area contributed by atoms with Gasteiger partial charge in [0.2, 0.25) is 0 Å². The number of benzene rings is 1. The van der Waals surface area contributed by atoms with Crippen LogP contribution in [0.1, 0.15) is 12.5 Å². The molecule has 0 atom stereocenters. The minimum absolute atomic E-state index is 0.240. The predicted molar refractivity (Wildman–Crippen MR) is 60.5 cm³/mol. The summed E-state index contributed by atoms with van der Waals surface area (Å²) in [4.78, 5) is 0. The summed E-state index contributed by atoms with van der Waals surface area (Å²) in [6.07, 6.45) is -2.95. The maximum atomic E-state index is 12.6. The van der Waals surface area contributed by atoms with Crippen LogP contribution in [-0.4, -0.2) is 14.8 Å². The lowest BCUT2D eigenvalue weighted by Crippen LogP contribution is -2.07. The van der Waals surface area contributed by atoms with Crippen LogP contribution in [0, 0.1) is 0 Å². The molecule has 1 aromatic heterocycles. The molecule has 0 aliphatic rings. The van der Waals surface area contributed by atoms with Crippen molar-refractivity contribution in [2.45, 2.75) is 19.6 Å². The van der Waals surface area contributed by atoms with Gasteiger partial charge in [0, 0.05) is 17.8 Å². The molecule has 0 aliphatic heterocycles. The lowest BCUT2D eigenvalue weighted by atomic mass is 10.1. The summed E-state index contributed by atoms with van der Waals surface area (Å²) < 4.78 is 39.6. The quantitative estimate of drug-likeness (QED) is 0.840. The van der Waals surface area contributed by atoms with Gasteiger partial charge < -0.3 is 10.3 Å². The predicted octanol–water partition coefficient (Wildman–Crippen LogP) is 2.57. The Morgan fingerprint density at radius 2 is 2.06 bits per heavy atom. The van der Waals surface area contributed by atoms with Crippen LogP contribution < -0.4 is 5.73 Å². The van der Waals surface area contributed by atoms with Crippen LogP contribution in [0.4, 0.5) is 18.9 Å². The van der Waals surface area contributed by atoms with Crippen LogP contribution in [0.3, 0.4) is 0 Å². The molecule has 0 spiro atoms. The highest BCUT2D eigenvalue weighted by molar-refractivity contribution is 5.72. The summed E-state index contributed by atoms with van der Waals surface area (Å²) >= 11 is 0. The first-order valence-electron chi connectivity index (χ1n) is 5.28. The summed E-state index contributed by atoms with van der Waals surface area (Å²) in [6, 6.07) is 3.17. The first kappa shape index (κ1) is 12.4. The van der Waals surface area contributed by atoms with Crippen LogP contribution in [-0.2, 0) is 12.7 Å². The van der Waals surface area contributed by atoms with E-state index in [1.54, 1.807) is 4.57 Å². The normalized spacial score (nSPS) is 11.8. The molecule has 4 nitrogen and oxygen atoms in total. The summed E-state index contributed by atoms with van der Waals surface area (Å²) in [7, 11) is 0. The third-order valence-electron chi connectivity index (χ3n) is 2.58. The van der Waals surface area contributed by atoms with E-state index < -0.39 is 11.7 Å². The molecular formula is C11H11F3N4. The third kappa shape index (κ3) is 2.15. The van der Waals surface area contributed by atoms with E-state index in [4.69, 9.17) is 5.73 Å². The second-order valence-electron chi connectivity index (χ2n) is 3.74. The number of hydrogen-bond acceptors (Lipinski definition) is 3. The number of nitrogen functional groups attached to an aromatic ring is 1. The fourth-order valence-electron chi connectivity index (χ4n) is 1.62. The van der Waals surface area contributed by atoms with E-state index >= 15 is 0 Å². The highest BCUT2D eigenvalue weighted by Crippen LogP contribution is 2.34. The van der Waals surface area contributed by atoms with Gasteiger partial charge in [0.15, 0.2) is 5.82 Å². The van der Waals surface area contributed by atoms with E-state index in [9.17, 15) is 13.2 Å². The molecule has 1 heterocycles. The van der Waals surface area contributed by atoms with Gasteiger partial charge in [0.1, 0.15) is 6.33 Å². The summed E-state index contributed by atoms with van der Waals surface area (Å²) in [5, 5.41) is 7.49. The monoisotopic (exact) mass is 256 g/mol. The average molecular weight is 256 g/mol. The van der Waals surface area contributed by atoms with Crippen LogP contribution in [0.25, 0.3) is 11.4 Å². The molecule has 2 N–H and O–H groups in total. The summed E-state index contributed by atoms with van der Waals surface area (Å²) in [5.74, 6) is 0.334. The molecule has 0 bridgehead atoms. The second-order valence-corrected chi connectivity index (χ2v) is 3.74. The van der Waals surface area contributed by atoms with E-state index in [0.717, 1.165) is 12.1 Å². The van der Waals surface area contributed by atoms with Crippen molar-refractivity contribution < 1.29 is 13.2 Å². The number of hydrogen-bond donors (Lipinski definition) is 1. The smallest absolute Gasteiger partial charge is 0.398 e. The van der Waals surface area contributed by atoms with Gasteiger partial charge in [0.05, 0.1) is 5.56 Å². The first-order valence-corrected chi connectivity index (χ1v) is 5.28. The van der Waals surface area contributed by atoms with Crippen molar-refractivity contribution >= 4 is 5.69 Å². The van der Waals surface area contributed by atoms with Gasteiger partial charge in [-0.1, -0.05) is 0 Å². The van der Waals surface area contributed by atoms with Gasteiger partial charge in [-0.05, 0) is 25.1 Å². The van der Waals surface area contributed by atoms with E-state index in [2.05, 4.69) is 10.2 Å². The lowest BCUT2D eigenvalue weighted by Gasteiger charge is -2.11. The fourth-order valence-corrected chi connectivity index (χ4v) is 1.62. The van der Waals surface area contributed by atoms with Crippen molar-refractivity contribution in [1.29, 1.82) is 0 Å². The SMILES string of the molecule is CCn1cnnc1-c1cc(C(F)(F)F)ccc1N. The van der Waals surface area contributed by atoms with Crippen molar-refractivity contribution in [3.63, 3.8) is 0 Å². The van der Waals surface area contributed by atoms with Crippen molar-refractivity contribution in [2.24, 2.45) is 0 Å². The van der Waals surface area contributed by atoms with Gasteiger partial charge in [0.25, 0.3) is 0 Å². The molecular weight excluding hydrogens is 245 g/mol. The Labute approximate surface area is 101 Å². The topological polar surface area (TPSA) is 56.7 Å². The van der Waals surface area contributed by atoms with Gasteiger partial charge in [-0.2, -0.15) is 13.2 Å². The molecule has 0 saturated carbocycles. The standard InChI is InChI=1S/C11H11F3N4/c1-2-18-6-16-17-10(18)8-5-7(11(12,13)14)3-4-9(8)15/h3-6H,2,15H2,1H3. The number of nitrogens with two attached hydrogens (primary N) is 1. The highest BCUT2D eigenvalue weighted by atomic mass is 19.4. The largest absolute Gasteiger partial charge is 0.416 e. The maximum Gasteiger partial charge on any atom is 0.416 e. The molecule has 18 heavy (non-hydrogen) atoms. The average Bonchev–Trinajstić information content (AvgIpc) is 2.76. The summed E-state index contributed by atoms with van der Waals surface area (Å²) in [5.41, 5.74) is 5.43. The molecule has 0 aliphatic carbocycles. The van der Waals surface area contributed by atoms with Crippen LogP contribution in [0.15, 0.2) is 24.5 Å². The molecule has 2 aromatic rings. The van der Waals surface area contributed by atoms with Gasteiger partial charge in [-0.3, -0.25) is 0 Å². The number of alkyl halides is 3. The zero-order chi connectivity index (χ0) is 13.3. The Bertz CT molecular complexity index is 560. The van der Waals surface area contributed by atoms with Gasteiger partial charge in [-0.25, -0.2) is 0 Å². The van der Waals surface area contributed by atoms with Gasteiger partial charge in [-0.15, -0.1) is 10.2 Å². The number of aryl methyl sites for hydroxylation is 1. The van der Waals surface area contributed by atoms with Crippen molar-refractivity contribution in [1.82, 2.24) is 14.8 Å². The van der Waals surface area contributed by atoms with Crippen molar-refractivity contribution in [3.8, 4) is 11.4 Å². The molecule has 1 aromatic carbocycles. The number of anilines is 1. The maximum absolute atomic E-state index is 12.6. The number of aromatic nitrogens is 3. The zero-order valence-electron chi connectivity index (χ0n) is 9.57. The van der Waals surface area contributed by atoms with Crippen molar-refractivity contribution in [3.05, 3.63) is 30.1 Å². The Balaban J connectivity index is 2.57. The number of nitrogens with zero attached hydrogens (tertiary/aromatic N) is 3. The highest BCUT2D eigenvalue weighted by Gasteiger charge is 2.31. The molecule has 7 heteroatoms. The third-order valence-corrected chi connectivity index (χ3v) is 2.58. The van der Waals surface area contributed by atoms with Crippen LogP contribution in [0.2, 0.25) is 0 Å². The van der Waals surface area contributed by atoms with E-state index in [-0.39, 0.29) is 11.3 Å². The van der Waals surface area contributed by atoms with Crippen molar-refractivity contribution in [2.75, 3.05) is 5.73 Å². The molecule has 0 unspecified atom stereocenters. The molecule has 0 amide bonds. The second kappa shape index (κ2) is 4.32.